The van der Waals surface area contributed by atoms with Crippen molar-refractivity contribution < 1.29 is 5.11 Å². The summed E-state index contributed by atoms with van der Waals surface area (Å²) in [6.07, 6.45) is 1.77. The molecule has 0 aliphatic rings. The van der Waals surface area contributed by atoms with Gasteiger partial charge in [-0.25, -0.2) is 0 Å². The first-order chi connectivity index (χ1) is 7.34. The normalized spacial score (nSPS) is 13.6. The first-order valence-electron chi connectivity index (χ1n) is 5.54. The third-order valence-corrected chi connectivity index (χ3v) is 2.77. The van der Waals surface area contributed by atoms with Gasteiger partial charge in [-0.1, -0.05) is 0 Å². The van der Waals surface area contributed by atoms with Gasteiger partial charge in [-0.3, -0.25) is 4.79 Å². The molecule has 0 aromatic carbocycles. The van der Waals surface area contributed by atoms with Crippen LogP contribution in [0.4, 0.5) is 5.69 Å². The van der Waals surface area contributed by atoms with Crippen molar-refractivity contribution in [2.75, 3.05) is 5.32 Å². The SMILES string of the molecule is CCn1cc(NC(C)C(C)(C)O)ccc1=O. The molecule has 16 heavy (non-hydrogen) atoms. The molecule has 1 aromatic rings. The van der Waals surface area contributed by atoms with Crippen LogP contribution in [0.2, 0.25) is 0 Å². The summed E-state index contributed by atoms with van der Waals surface area (Å²) in [5.41, 5.74) is 0.0349. The molecule has 4 heteroatoms. The fraction of sp³-hybridized carbons (Fsp3) is 0.583. The number of anilines is 1. The third kappa shape index (κ3) is 3.10. The molecule has 0 saturated heterocycles. The van der Waals surface area contributed by atoms with Crippen molar-refractivity contribution in [2.24, 2.45) is 0 Å². The number of hydrogen-bond acceptors (Lipinski definition) is 3. The molecule has 0 aliphatic carbocycles. The Bertz CT molecular complexity index is 404. The van der Waals surface area contributed by atoms with Crippen molar-refractivity contribution in [1.29, 1.82) is 0 Å². The van der Waals surface area contributed by atoms with Crippen LogP contribution in [0.5, 0.6) is 0 Å². The molecule has 0 saturated carbocycles. The first kappa shape index (κ1) is 12.8. The predicted octanol–water partition coefficient (Wildman–Crippen LogP) is 1.44. The summed E-state index contributed by atoms with van der Waals surface area (Å²) in [5.74, 6) is 0. The number of pyridine rings is 1. The Labute approximate surface area is 95.9 Å². The monoisotopic (exact) mass is 224 g/mol. The zero-order chi connectivity index (χ0) is 12.3. The molecular formula is C12H20N2O2. The van der Waals surface area contributed by atoms with Crippen molar-refractivity contribution in [3.05, 3.63) is 28.7 Å². The van der Waals surface area contributed by atoms with Crippen LogP contribution in [0.15, 0.2) is 23.1 Å². The highest BCUT2D eigenvalue weighted by Crippen LogP contribution is 2.14. The molecule has 2 N–H and O–H groups in total. The Morgan fingerprint density at radius 3 is 2.62 bits per heavy atom. The minimum Gasteiger partial charge on any atom is -0.388 e. The average molecular weight is 224 g/mol. The van der Waals surface area contributed by atoms with E-state index in [9.17, 15) is 9.90 Å². The highest BCUT2D eigenvalue weighted by atomic mass is 16.3. The van der Waals surface area contributed by atoms with Crippen LogP contribution in [-0.2, 0) is 6.54 Å². The number of nitrogens with one attached hydrogen (secondary N) is 1. The lowest BCUT2D eigenvalue weighted by Crippen LogP contribution is -2.39. The number of nitrogens with zero attached hydrogens (tertiary/aromatic N) is 1. The molecule has 0 bridgehead atoms. The first-order valence-corrected chi connectivity index (χ1v) is 5.54. The molecule has 1 aromatic heterocycles. The summed E-state index contributed by atoms with van der Waals surface area (Å²) in [4.78, 5) is 11.4. The quantitative estimate of drug-likeness (QED) is 0.813. The van der Waals surface area contributed by atoms with E-state index in [0.717, 1.165) is 5.69 Å². The van der Waals surface area contributed by atoms with Gasteiger partial charge in [0.05, 0.1) is 17.3 Å². The smallest absolute Gasteiger partial charge is 0.250 e. The predicted molar refractivity (Wildman–Crippen MR) is 65.8 cm³/mol. The molecule has 90 valence electrons. The van der Waals surface area contributed by atoms with E-state index in [1.807, 2.05) is 13.8 Å². The van der Waals surface area contributed by atoms with Gasteiger partial charge in [0.1, 0.15) is 0 Å². The lowest BCUT2D eigenvalue weighted by atomic mass is 10.0. The van der Waals surface area contributed by atoms with Gasteiger partial charge >= 0.3 is 0 Å². The van der Waals surface area contributed by atoms with E-state index in [1.165, 1.54) is 6.07 Å². The van der Waals surface area contributed by atoms with E-state index in [-0.39, 0.29) is 11.6 Å². The van der Waals surface area contributed by atoms with Crippen LogP contribution in [0.3, 0.4) is 0 Å². The van der Waals surface area contributed by atoms with E-state index in [2.05, 4.69) is 5.32 Å². The van der Waals surface area contributed by atoms with Crippen LogP contribution in [0.1, 0.15) is 27.7 Å². The average Bonchev–Trinajstić information content (AvgIpc) is 2.19. The molecule has 0 aliphatic heterocycles. The van der Waals surface area contributed by atoms with Crippen molar-refractivity contribution in [3.8, 4) is 0 Å². The topological polar surface area (TPSA) is 54.3 Å². The fourth-order valence-electron chi connectivity index (χ4n) is 1.29. The second-order valence-electron chi connectivity index (χ2n) is 4.56. The summed E-state index contributed by atoms with van der Waals surface area (Å²) in [5, 5.41) is 13.0. The van der Waals surface area contributed by atoms with Crippen molar-refractivity contribution in [3.63, 3.8) is 0 Å². The Balaban J connectivity index is 2.87. The largest absolute Gasteiger partial charge is 0.388 e. The Kier molecular flexibility index (Phi) is 3.75. The lowest BCUT2D eigenvalue weighted by molar-refractivity contribution is 0.0649. The molecule has 0 spiro atoms. The Hall–Kier alpha value is -1.29. The molecular weight excluding hydrogens is 204 g/mol. The number of rotatable bonds is 4. The molecule has 1 unspecified atom stereocenters. The number of aliphatic hydroxyl groups is 1. The molecule has 4 nitrogen and oxygen atoms in total. The number of aryl methyl sites for hydroxylation is 1. The Morgan fingerprint density at radius 2 is 2.12 bits per heavy atom. The van der Waals surface area contributed by atoms with E-state index in [1.54, 1.807) is 30.7 Å². The maximum Gasteiger partial charge on any atom is 0.250 e. The molecule has 1 atom stereocenters. The van der Waals surface area contributed by atoms with E-state index < -0.39 is 5.60 Å². The summed E-state index contributed by atoms with van der Waals surface area (Å²) in [7, 11) is 0. The van der Waals surface area contributed by atoms with Gasteiger partial charge in [0.25, 0.3) is 5.56 Å². The lowest BCUT2D eigenvalue weighted by Gasteiger charge is -2.27. The zero-order valence-corrected chi connectivity index (χ0v) is 10.3. The highest BCUT2D eigenvalue weighted by molar-refractivity contribution is 5.41. The standard InChI is InChI=1S/C12H20N2O2/c1-5-14-8-10(6-7-11(14)15)13-9(2)12(3,4)16/h6-9,13,16H,5H2,1-4H3. The molecule has 0 fully saturated rings. The second kappa shape index (κ2) is 4.70. The van der Waals surface area contributed by atoms with Gasteiger partial charge in [-0.15, -0.1) is 0 Å². The molecule has 0 amide bonds. The maximum absolute atomic E-state index is 11.4. The summed E-state index contributed by atoms with van der Waals surface area (Å²) in [6.45, 7) is 7.97. The highest BCUT2D eigenvalue weighted by Gasteiger charge is 2.21. The summed E-state index contributed by atoms with van der Waals surface area (Å²) < 4.78 is 1.62. The van der Waals surface area contributed by atoms with E-state index in [4.69, 9.17) is 0 Å². The van der Waals surface area contributed by atoms with E-state index in [0.29, 0.717) is 6.54 Å². The molecule has 1 heterocycles. The van der Waals surface area contributed by atoms with Crippen molar-refractivity contribution in [2.45, 2.75) is 45.9 Å². The summed E-state index contributed by atoms with van der Waals surface area (Å²) in [6, 6.07) is 3.18. The van der Waals surface area contributed by atoms with Crippen molar-refractivity contribution in [1.82, 2.24) is 4.57 Å². The maximum atomic E-state index is 11.4. The molecule has 0 radical (unpaired) electrons. The van der Waals surface area contributed by atoms with Gasteiger partial charge in [0, 0.05) is 18.8 Å². The fourth-order valence-corrected chi connectivity index (χ4v) is 1.29. The zero-order valence-electron chi connectivity index (χ0n) is 10.3. The minimum absolute atomic E-state index is 0.0102. The minimum atomic E-state index is -0.798. The van der Waals surface area contributed by atoms with E-state index >= 15 is 0 Å². The van der Waals surface area contributed by atoms with Crippen LogP contribution in [-0.4, -0.2) is 21.3 Å². The molecule has 1 rings (SSSR count). The van der Waals surface area contributed by atoms with Crippen LogP contribution in [0.25, 0.3) is 0 Å². The number of aromatic nitrogens is 1. The number of hydrogen-bond donors (Lipinski definition) is 2. The summed E-state index contributed by atoms with van der Waals surface area (Å²) >= 11 is 0. The van der Waals surface area contributed by atoms with Crippen LogP contribution >= 0.6 is 0 Å². The van der Waals surface area contributed by atoms with Gasteiger partial charge in [0.15, 0.2) is 0 Å². The van der Waals surface area contributed by atoms with Crippen LogP contribution in [0, 0.1) is 0 Å². The van der Waals surface area contributed by atoms with Crippen molar-refractivity contribution >= 4 is 5.69 Å². The van der Waals surface area contributed by atoms with Gasteiger partial charge in [-0.05, 0) is 33.8 Å². The van der Waals surface area contributed by atoms with Gasteiger partial charge in [-0.2, -0.15) is 0 Å². The third-order valence-electron chi connectivity index (χ3n) is 2.77. The Morgan fingerprint density at radius 1 is 1.50 bits per heavy atom. The van der Waals surface area contributed by atoms with Gasteiger partial charge in [0.2, 0.25) is 0 Å². The second-order valence-corrected chi connectivity index (χ2v) is 4.56. The van der Waals surface area contributed by atoms with Crippen LogP contribution < -0.4 is 10.9 Å². The van der Waals surface area contributed by atoms with Gasteiger partial charge < -0.3 is 15.0 Å².